The van der Waals surface area contributed by atoms with Crippen molar-refractivity contribution in [2.75, 3.05) is 16.9 Å². The molecule has 3 unspecified atom stereocenters. The first-order chi connectivity index (χ1) is 14.3. The molecule has 0 aliphatic carbocycles. The third-order valence-corrected chi connectivity index (χ3v) is 5.33. The van der Waals surface area contributed by atoms with Gasteiger partial charge in [-0.1, -0.05) is 26.0 Å². The van der Waals surface area contributed by atoms with Crippen LogP contribution in [0.2, 0.25) is 0 Å². The van der Waals surface area contributed by atoms with Crippen molar-refractivity contribution in [3.8, 4) is 0 Å². The summed E-state index contributed by atoms with van der Waals surface area (Å²) < 4.78 is 1.63. The van der Waals surface area contributed by atoms with Crippen LogP contribution in [0.5, 0.6) is 0 Å². The Kier molecular flexibility index (Phi) is 5.48. The molecule has 0 bridgehead atoms. The first-order valence-electron chi connectivity index (χ1n) is 10.3. The summed E-state index contributed by atoms with van der Waals surface area (Å²) in [6.07, 6.45) is -0.395. The molecule has 2 aromatic rings. The number of anilines is 2. The lowest BCUT2D eigenvalue weighted by atomic mass is 10.0. The molecule has 0 spiro atoms. The second kappa shape index (κ2) is 8.08. The topological polar surface area (TPSA) is 103 Å². The maximum Gasteiger partial charge on any atom is 0.230 e. The molecule has 0 radical (unpaired) electrons. The number of nitrogens with zero attached hydrogens (tertiary/aromatic N) is 3. The molecule has 1 aromatic carbocycles. The summed E-state index contributed by atoms with van der Waals surface area (Å²) in [7, 11) is 0. The van der Waals surface area contributed by atoms with Gasteiger partial charge in [0.1, 0.15) is 12.0 Å². The van der Waals surface area contributed by atoms with E-state index in [1.807, 2.05) is 57.0 Å². The quantitative estimate of drug-likeness (QED) is 0.596. The van der Waals surface area contributed by atoms with Gasteiger partial charge in [-0.2, -0.15) is 5.10 Å². The summed E-state index contributed by atoms with van der Waals surface area (Å²) in [4.78, 5) is 25.1. The van der Waals surface area contributed by atoms with Gasteiger partial charge in [0.25, 0.3) is 0 Å². The minimum absolute atomic E-state index is 0.0565. The number of aromatic nitrogens is 2. The minimum atomic E-state index is -0.575. The van der Waals surface area contributed by atoms with Gasteiger partial charge < -0.3 is 10.6 Å². The monoisotopic (exact) mass is 411 g/mol. The molecular weight excluding hydrogens is 382 g/mol. The number of aryl methyl sites for hydroxylation is 2. The number of carbonyl (C=O) groups is 2. The SMILES string of the molecule is Cc1cccc(N2NCC3C(=O)NC(n4nc(C)cc4NC(=O)CC(C)C)NC32)c1. The van der Waals surface area contributed by atoms with Crippen LogP contribution in [-0.2, 0) is 9.59 Å². The molecule has 3 atom stereocenters. The summed E-state index contributed by atoms with van der Waals surface area (Å²) in [5, 5.41) is 15.9. The molecule has 30 heavy (non-hydrogen) atoms. The third kappa shape index (κ3) is 4.03. The fraction of sp³-hybridized carbons (Fsp3) is 0.476. The summed E-state index contributed by atoms with van der Waals surface area (Å²) in [5.74, 6) is 0.442. The smallest absolute Gasteiger partial charge is 0.230 e. The van der Waals surface area contributed by atoms with E-state index >= 15 is 0 Å². The standard InChI is InChI=1S/C21H29N7O2/c1-12(2)8-18(29)23-17-10-14(4)26-28(17)21-24-19-16(20(30)25-21)11-22-27(19)15-7-5-6-13(3)9-15/h5-7,9-10,12,16,19,21-22,24H,8,11H2,1-4H3,(H,23,29)(H,25,30). The fourth-order valence-electron chi connectivity index (χ4n) is 3.99. The molecule has 9 nitrogen and oxygen atoms in total. The van der Waals surface area contributed by atoms with Crippen LogP contribution in [0, 0.1) is 25.7 Å². The van der Waals surface area contributed by atoms with Gasteiger partial charge in [-0.25, -0.2) is 10.1 Å². The van der Waals surface area contributed by atoms with Gasteiger partial charge in [-0.05, 0) is 37.5 Å². The van der Waals surface area contributed by atoms with Crippen LogP contribution in [0.3, 0.4) is 0 Å². The van der Waals surface area contributed by atoms with Gasteiger partial charge in [0.2, 0.25) is 11.8 Å². The van der Waals surface area contributed by atoms with E-state index in [9.17, 15) is 9.59 Å². The van der Waals surface area contributed by atoms with Gasteiger partial charge in [-0.3, -0.25) is 19.9 Å². The molecule has 2 fully saturated rings. The number of hydrogen-bond acceptors (Lipinski definition) is 6. The Morgan fingerprint density at radius 2 is 2.10 bits per heavy atom. The van der Waals surface area contributed by atoms with E-state index in [1.54, 1.807) is 4.68 Å². The molecule has 4 rings (SSSR count). The highest BCUT2D eigenvalue weighted by atomic mass is 16.2. The number of hydrogen-bond donors (Lipinski definition) is 4. The van der Waals surface area contributed by atoms with Gasteiger partial charge in [0.15, 0.2) is 6.29 Å². The average molecular weight is 412 g/mol. The Labute approximate surface area is 176 Å². The second-order valence-corrected chi connectivity index (χ2v) is 8.46. The van der Waals surface area contributed by atoms with Crippen molar-refractivity contribution >= 4 is 23.3 Å². The Morgan fingerprint density at radius 1 is 1.30 bits per heavy atom. The number of benzene rings is 1. The lowest BCUT2D eigenvalue weighted by Crippen LogP contribution is -2.61. The van der Waals surface area contributed by atoms with Gasteiger partial charge in [-0.15, -0.1) is 0 Å². The molecule has 2 aliphatic heterocycles. The largest absolute Gasteiger partial charge is 0.321 e. The summed E-state index contributed by atoms with van der Waals surface area (Å²) in [6, 6.07) is 9.94. The normalized spacial score (nSPS) is 23.4. The number of fused-ring (bicyclic) bond motifs is 1. The number of carbonyl (C=O) groups excluding carboxylic acids is 2. The molecule has 2 saturated heterocycles. The molecule has 2 aliphatic rings. The molecule has 2 amide bonds. The predicted octanol–water partition coefficient (Wildman–Crippen LogP) is 1.63. The van der Waals surface area contributed by atoms with Gasteiger partial charge in [0.05, 0.1) is 17.3 Å². The van der Waals surface area contributed by atoms with Crippen molar-refractivity contribution < 1.29 is 9.59 Å². The van der Waals surface area contributed by atoms with E-state index in [-0.39, 0.29) is 29.8 Å². The van der Waals surface area contributed by atoms with Crippen LogP contribution < -0.4 is 26.4 Å². The van der Waals surface area contributed by atoms with Crippen molar-refractivity contribution in [3.63, 3.8) is 0 Å². The van der Waals surface area contributed by atoms with Crippen LogP contribution in [0.4, 0.5) is 11.5 Å². The lowest BCUT2D eigenvalue weighted by molar-refractivity contribution is -0.129. The van der Waals surface area contributed by atoms with Crippen LogP contribution >= 0.6 is 0 Å². The van der Waals surface area contributed by atoms with Gasteiger partial charge in [0, 0.05) is 19.0 Å². The zero-order valence-corrected chi connectivity index (χ0v) is 17.8. The average Bonchev–Trinajstić information content (AvgIpc) is 3.24. The Hall–Kier alpha value is -2.91. The van der Waals surface area contributed by atoms with Crippen LogP contribution in [0.25, 0.3) is 0 Å². The molecule has 1 aromatic heterocycles. The predicted molar refractivity (Wildman–Crippen MR) is 114 cm³/mol. The lowest BCUT2D eigenvalue weighted by Gasteiger charge is -2.37. The number of amides is 2. The summed E-state index contributed by atoms with van der Waals surface area (Å²) in [5.41, 5.74) is 6.22. The zero-order valence-electron chi connectivity index (χ0n) is 17.8. The first-order valence-corrected chi connectivity index (χ1v) is 10.3. The van der Waals surface area contributed by atoms with Crippen molar-refractivity contribution in [1.29, 1.82) is 0 Å². The fourth-order valence-corrected chi connectivity index (χ4v) is 3.99. The Balaban J connectivity index is 1.58. The van der Waals surface area contributed by atoms with E-state index in [2.05, 4.69) is 32.5 Å². The van der Waals surface area contributed by atoms with Crippen molar-refractivity contribution in [2.45, 2.75) is 46.6 Å². The van der Waals surface area contributed by atoms with E-state index < -0.39 is 6.29 Å². The van der Waals surface area contributed by atoms with Crippen molar-refractivity contribution in [2.24, 2.45) is 11.8 Å². The molecular formula is C21H29N7O2. The van der Waals surface area contributed by atoms with Crippen molar-refractivity contribution in [3.05, 3.63) is 41.6 Å². The molecule has 0 saturated carbocycles. The van der Waals surface area contributed by atoms with E-state index in [0.29, 0.717) is 18.8 Å². The molecule has 160 valence electrons. The first kappa shape index (κ1) is 20.4. The van der Waals surface area contributed by atoms with Crippen LogP contribution in [0.15, 0.2) is 30.3 Å². The second-order valence-electron chi connectivity index (χ2n) is 8.46. The van der Waals surface area contributed by atoms with Crippen LogP contribution in [-0.4, -0.2) is 34.3 Å². The highest BCUT2D eigenvalue weighted by molar-refractivity contribution is 5.90. The summed E-state index contributed by atoms with van der Waals surface area (Å²) in [6.45, 7) is 8.44. The Morgan fingerprint density at radius 3 is 2.83 bits per heavy atom. The minimum Gasteiger partial charge on any atom is -0.321 e. The Bertz CT molecular complexity index is 955. The molecule has 4 N–H and O–H groups in total. The number of rotatable bonds is 5. The summed E-state index contributed by atoms with van der Waals surface area (Å²) >= 11 is 0. The maximum atomic E-state index is 12.8. The highest BCUT2D eigenvalue weighted by Crippen LogP contribution is 2.28. The third-order valence-electron chi connectivity index (χ3n) is 5.33. The van der Waals surface area contributed by atoms with Crippen LogP contribution in [0.1, 0.15) is 37.8 Å². The van der Waals surface area contributed by atoms with Crippen molar-refractivity contribution in [1.82, 2.24) is 25.8 Å². The van der Waals surface area contributed by atoms with E-state index in [4.69, 9.17) is 0 Å². The van der Waals surface area contributed by atoms with E-state index in [1.165, 1.54) is 0 Å². The number of nitrogens with one attached hydrogen (secondary N) is 4. The highest BCUT2D eigenvalue weighted by Gasteiger charge is 2.45. The molecule has 3 heterocycles. The van der Waals surface area contributed by atoms with E-state index in [0.717, 1.165) is 16.9 Å². The van der Waals surface area contributed by atoms with Gasteiger partial charge >= 0.3 is 0 Å². The molecule has 9 heteroatoms. The number of hydrazine groups is 1. The maximum absolute atomic E-state index is 12.8. The zero-order chi connectivity index (χ0) is 21.4.